The lowest BCUT2D eigenvalue weighted by Crippen LogP contribution is -2.05. The maximum absolute atomic E-state index is 11.6. The lowest BCUT2D eigenvalue weighted by molar-refractivity contribution is 1.16. The predicted octanol–water partition coefficient (Wildman–Crippen LogP) is 3.95. The molecular weight excluding hydrogens is 340 g/mol. The molecule has 1 N–H and O–H groups in total. The Morgan fingerprint density at radius 3 is 2.42 bits per heavy atom. The van der Waals surface area contributed by atoms with E-state index >= 15 is 0 Å². The smallest absolute Gasteiger partial charge is 0.263 e. The first-order chi connectivity index (χ1) is 11.7. The Labute approximate surface area is 148 Å². The quantitative estimate of drug-likeness (QED) is 0.711. The zero-order valence-electron chi connectivity index (χ0n) is 12.5. The fraction of sp³-hybridized carbons (Fsp3) is 0.0526. The molecule has 3 aromatic rings. The minimum Gasteiger partial charge on any atom is -0.276 e. The maximum Gasteiger partial charge on any atom is 0.263 e. The Morgan fingerprint density at radius 1 is 1.04 bits per heavy atom. The van der Waals surface area contributed by atoms with Gasteiger partial charge >= 0.3 is 0 Å². The number of rotatable bonds is 2. The lowest BCUT2D eigenvalue weighted by atomic mass is 10.1. The van der Waals surface area contributed by atoms with Crippen LogP contribution in [0.3, 0.4) is 0 Å². The highest BCUT2D eigenvalue weighted by atomic mass is 35.5. The van der Waals surface area contributed by atoms with Gasteiger partial charge in [-0.2, -0.15) is 5.26 Å². The summed E-state index contributed by atoms with van der Waals surface area (Å²) in [7, 11) is 0. The number of H-pyrrole nitrogens is 1. The van der Waals surface area contributed by atoms with Crippen molar-refractivity contribution in [3.63, 3.8) is 0 Å². The van der Waals surface area contributed by atoms with Crippen LogP contribution >= 0.6 is 23.1 Å². The van der Waals surface area contributed by atoms with Crippen LogP contribution in [0.2, 0.25) is 4.34 Å². The molecule has 0 aliphatic heterocycles. The third-order valence-corrected chi connectivity index (χ3v) is 4.60. The monoisotopic (exact) mass is 350 g/mol. The fourth-order valence-corrected chi connectivity index (χ4v) is 3.04. The SMILES string of the molecule is N#Cc1cccc(C#Cc2ccc(Cc3c(Cl)s[nH]c3=O)cc2)c1. The molecule has 0 unspecified atom stereocenters. The Bertz CT molecular complexity index is 1030. The summed E-state index contributed by atoms with van der Waals surface area (Å²) < 4.78 is 3.13. The summed E-state index contributed by atoms with van der Waals surface area (Å²) in [5.74, 6) is 6.11. The summed E-state index contributed by atoms with van der Waals surface area (Å²) in [6.07, 6.45) is 0.496. The summed E-state index contributed by atoms with van der Waals surface area (Å²) in [5.41, 5.74) is 3.72. The molecule has 0 aliphatic carbocycles. The van der Waals surface area contributed by atoms with Crippen LogP contribution in [0.1, 0.15) is 27.8 Å². The molecule has 0 amide bonds. The summed E-state index contributed by atoms with van der Waals surface area (Å²) in [4.78, 5) is 11.6. The molecule has 0 aliphatic rings. The van der Waals surface area contributed by atoms with E-state index in [0.717, 1.165) is 28.2 Å². The van der Waals surface area contributed by atoms with Crippen LogP contribution in [0.4, 0.5) is 0 Å². The van der Waals surface area contributed by atoms with Gasteiger partial charge in [-0.3, -0.25) is 9.17 Å². The molecule has 0 saturated heterocycles. The Balaban J connectivity index is 1.77. The van der Waals surface area contributed by atoms with Gasteiger partial charge in [0.1, 0.15) is 4.34 Å². The third kappa shape index (κ3) is 3.75. The van der Waals surface area contributed by atoms with Gasteiger partial charge in [0.05, 0.1) is 17.2 Å². The third-order valence-electron chi connectivity index (χ3n) is 3.42. The van der Waals surface area contributed by atoms with Gasteiger partial charge < -0.3 is 0 Å². The highest BCUT2D eigenvalue weighted by Gasteiger charge is 2.08. The van der Waals surface area contributed by atoms with Gasteiger partial charge in [-0.25, -0.2) is 0 Å². The van der Waals surface area contributed by atoms with Crippen LogP contribution < -0.4 is 5.56 Å². The molecule has 3 rings (SSSR count). The van der Waals surface area contributed by atoms with E-state index < -0.39 is 0 Å². The van der Waals surface area contributed by atoms with E-state index in [-0.39, 0.29) is 5.56 Å². The summed E-state index contributed by atoms with van der Waals surface area (Å²) in [6.45, 7) is 0. The summed E-state index contributed by atoms with van der Waals surface area (Å²) >= 11 is 7.16. The summed E-state index contributed by atoms with van der Waals surface area (Å²) in [5, 5.41) is 8.89. The number of nitrogens with one attached hydrogen (secondary N) is 1. The molecule has 5 heteroatoms. The van der Waals surface area contributed by atoms with Crippen molar-refractivity contribution in [3.05, 3.63) is 91.0 Å². The van der Waals surface area contributed by atoms with Crippen molar-refractivity contribution in [3.8, 4) is 17.9 Å². The van der Waals surface area contributed by atoms with Gasteiger partial charge in [-0.1, -0.05) is 41.6 Å². The Morgan fingerprint density at radius 2 is 1.75 bits per heavy atom. The molecule has 3 nitrogen and oxygen atoms in total. The van der Waals surface area contributed by atoms with E-state index in [0.29, 0.717) is 21.9 Å². The predicted molar refractivity (Wildman–Crippen MR) is 96.3 cm³/mol. The number of hydrogen-bond acceptors (Lipinski definition) is 3. The van der Waals surface area contributed by atoms with E-state index in [4.69, 9.17) is 16.9 Å². The molecule has 1 aromatic heterocycles. The van der Waals surface area contributed by atoms with Crippen molar-refractivity contribution in [2.24, 2.45) is 0 Å². The van der Waals surface area contributed by atoms with Gasteiger partial charge in [-0.05, 0) is 47.4 Å². The minimum atomic E-state index is -0.133. The molecule has 0 fully saturated rings. The lowest BCUT2D eigenvalue weighted by Gasteiger charge is -1.99. The number of nitrogens with zero attached hydrogens (tertiary/aromatic N) is 1. The topological polar surface area (TPSA) is 56.6 Å². The zero-order chi connectivity index (χ0) is 16.9. The molecule has 0 saturated carbocycles. The number of nitriles is 1. The van der Waals surface area contributed by atoms with Gasteiger partial charge in [0, 0.05) is 17.5 Å². The normalized spacial score (nSPS) is 9.83. The molecule has 0 bridgehead atoms. The minimum absolute atomic E-state index is 0.133. The highest BCUT2D eigenvalue weighted by molar-refractivity contribution is 7.10. The van der Waals surface area contributed by atoms with Gasteiger partial charge in [0.15, 0.2) is 0 Å². The Kier molecular flexibility index (Phi) is 4.82. The maximum atomic E-state index is 11.6. The molecule has 116 valence electrons. The second-order valence-corrected chi connectivity index (χ2v) is 6.52. The molecule has 2 aromatic carbocycles. The first-order valence-electron chi connectivity index (χ1n) is 7.12. The molecule has 0 spiro atoms. The van der Waals surface area contributed by atoms with Crippen LogP contribution in [0.15, 0.2) is 53.3 Å². The number of halogens is 1. The van der Waals surface area contributed by atoms with Crippen LogP contribution in [0, 0.1) is 23.2 Å². The van der Waals surface area contributed by atoms with E-state index in [1.54, 1.807) is 12.1 Å². The van der Waals surface area contributed by atoms with Crippen molar-refractivity contribution in [1.29, 1.82) is 5.26 Å². The molecule has 24 heavy (non-hydrogen) atoms. The van der Waals surface area contributed by atoms with Crippen molar-refractivity contribution in [2.75, 3.05) is 0 Å². The van der Waals surface area contributed by atoms with Gasteiger partial charge in [0.2, 0.25) is 0 Å². The molecule has 0 radical (unpaired) electrons. The summed E-state index contributed by atoms with van der Waals surface area (Å²) in [6, 6.07) is 17.0. The van der Waals surface area contributed by atoms with Gasteiger partial charge in [-0.15, -0.1) is 0 Å². The number of aromatic nitrogens is 1. The van der Waals surface area contributed by atoms with Crippen molar-refractivity contribution in [1.82, 2.24) is 4.37 Å². The average molecular weight is 351 g/mol. The van der Waals surface area contributed by atoms with Gasteiger partial charge in [0.25, 0.3) is 5.56 Å². The van der Waals surface area contributed by atoms with Crippen molar-refractivity contribution >= 4 is 23.1 Å². The zero-order valence-corrected chi connectivity index (χ0v) is 14.0. The van der Waals surface area contributed by atoms with Crippen LogP contribution in [-0.4, -0.2) is 4.37 Å². The van der Waals surface area contributed by atoms with Crippen LogP contribution in [0.25, 0.3) is 0 Å². The van der Waals surface area contributed by atoms with E-state index in [2.05, 4.69) is 22.3 Å². The van der Waals surface area contributed by atoms with E-state index in [9.17, 15) is 4.79 Å². The van der Waals surface area contributed by atoms with E-state index in [1.165, 1.54) is 0 Å². The highest BCUT2D eigenvalue weighted by Crippen LogP contribution is 2.19. The van der Waals surface area contributed by atoms with Crippen LogP contribution in [0.5, 0.6) is 0 Å². The van der Waals surface area contributed by atoms with Crippen molar-refractivity contribution in [2.45, 2.75) is 6.42 Å². The fourth-order valence-electron chi connectivity index (χ4n) is 2.17. The van der Waals surface area contributed by atoms with E-state index in [1.807, 2.05) is 36.4 Å². The molecule has 0 atom stereocenters. The second kappa shape index (κ2) is 7.19. The number of aromatic amines is 1. The Hall–Kier alpha value is -2.79. The average Bonchev–Trinajstić information content (AvgIpc) is 2.93. The molecular formula is C19H11ClN2OS. The largest absolute Gasteiger partial charge is 0.276 e. The first-order valence-corrected chi connectivity index (χ1v) is 8.32. The second-order valence-electron chi connectivity index (χ2n) is 5.10. The van der Waals surface area contributed by atoms with Crippen LogP contribution in [-0.2, 0) is 6.42 Å². The van der Waals surface area contributed by atoms with Crippen molar-refractivity contribution < 1.29 is 0 Å². The molecule has 1 heterocycles. The number of hydrogen-bond donors (Lipinski definition) is 1. The standard InChI is InChI=1S/C19H11ClN2OS/c20-18-17(19(23)22-24-18)11-15-8-5-13(6-9-15)4-7-14-2-1-3-16(10-14)12-21/h1-3,5-6,8-10H,11H2,(H,22,23). The first kappa shape index (κ1) is 16.1. The number of benzene rings is 2.